The van der Waals surface area contributed by atoms with E-state index in [0.717, 1.165) is 19.2 Å². The minimum atomic E-state index is -4.82. The Morgan fingerprint density at radius 1 is 0.838 bits per heavy atom. The van der Waals surface area contributed by atoms with Crippen molar-refractivity contribution in [2.45, 2.75) is 24.2 Å². The number of imidazole rings is 1. The van der Waals surface area contributed by atoms with Gasteiger partial charge in [-0.05, 0) is 41.5 Å². The number of benzene rings is 2. The standard InChI is InChI=1S/C24H19F6N3O3S/c1-4-37(35,36)18-11-14(13-5-8-15(9-6-13)23(25,26)27)7-10-16(18)21-31-17-12-19(24(28,29)30)32(2)22(34)20(17)33(21)3/h5-12H,4H2,1-3H3. The first-order valence-corrected chi connectivity index (χ1v) is 12.4. The first-order valence-electron chi connectivity index (χ1n) is 10.7. The number of hydrogen-bond donors (Lipinski definition) is 0. The topological polar surface area (TPSA) is 74.0 Å². The number of pyridine rings is 1. The summed E-state index contributed by atoms with van der Waals surface area (Å²) in [7, 11) is -1.58. The maximum atomic E-state index is 13.4. The van der Waals surface area contributed by atoms with Crippen molar-refractivity contribution < 1.29 is 34.8 Å². The number of hydrogen-bond acceptors (Lipinski definition) is 4. The summed E-state index contributed by atoms with van der Waals surface area (Å²) in [6.45, 7) is 1.39. The van der Waals surface area contributed by atoms with E-state index >= 15 is 0 Å². The van der Waals surface area contributed by atoms with Crippen molar-refractivity contribution >= 4 is 20.9 Å². The van der Waals surface area contributed by atoms with Crippen LogP contribution in [-0.4, -0.2) is 28.3 Å². The monoisotopic (exact) mass is 543 g/mol. The van der Waals surface area contributed by atoms with Gasteiger partial charge in [-0.15, -0.1) is 0 Å². The second kappa shape index (κ2) is 8.75. The van der Waals surface area contributed by atoms with Crippen molar-refractivity contribution in [2.24, 2.45) is 14.1 Å². The summed E-state index contributed by atoms with van der Waals surface area (Å²) in [5.74, 6) is -0.391. The number of rotatable bonds is 4. The Morgan fingerprint density at radius 3 is 1.97 bits per heavy atom. The highest BCUT2D eigenvalue weighted by molar-refractivity contribution is 7.91. The van der Waals surface area contributed by atoms with E-state index in [0.29, 0.717) is 21.8 Å². The SMILES string of the molecule is CCS(=O)(=O)c1cc(-c2ccc(C(F)(F)F)cc2)ccc1-c1nc2cc(C(F)(F)F)n(C)c(=O)c2n1C. The molecule has 0 aliphatic rings. The minimum absolute atomic E-state index is 0.0341. The zero-order valence-corrected chi connectivity index (χ0v) is 20.4. The molecular formula is C24H19F6N3O3S. The average molecular weight is 543 g/mol. The van der Waals surface area contributed by atoms with Crippen molar-refractivity contribution in [2.75, 3.05) is 5.75 Å². The fourth-order valence-electron chi connectivity index (χ4n) is 4.03. The van der Waals surface area contributed by atoms with Gasteiger partial charge in [-0.1, -0.05) is 25.1 Å². The van der Waals surface area contributed by atoms with Gasteiger partial charge in [0.25, 0.3) is 5.56 Å². The van der Waals surface area contributed by atoms with Crippen LogP contribution in [0.2, 0.25) is 0 Å². The minimum Gasteiger partial charge on any atom is -0.323 e. The van der Waals surface area contributed by atoms with Gasteiger partial charge in [0.2, 0.25) is 0 Å². The second-order valence-corrected chi connectivity index (χ2v) is 10.6. The molecule has 4 rings (SSSR count). The highest BCUT2D eigenvalue weighted by atomic mass is 32.2. The van der Waals surface area contributed by atoms with E-state index < -0.39 is 39.0 Å². The van der Waals surface area contributed by atoms with Crippen LogP contribution in [0, 0.1) is 0 Å². The molecule has 6 nitrogen and oxygen atoms in total. The number of alkyl halides is 6. The Morgan fingerprint density at radius 2 is 1.43 bits per heavy atom. The highest BCUT2D eigenvalue weighted by Crippen LogP contribution is 2.36. The largest absolute Gasteiger partial charge is 0.431 e. The molecule has 0 unspecified atom stereocenters. The van der Waals surface area contributed by atoms with Crippen LogP contribution in [0.1, 0.15) is 18.2 Å². The van der Waals surface area contributed by atoms with Crippen LogP contribution in [-0.2, 0) is 36.3 Å². The van der Waals surface area contributed by atoms with Gasteiger partial charge in [-0.3, -0.25) is 4.79 Å². The van der Waals surface area contributed by atoms with Gasteiger partial charge in [-0.2, -0.15) is 26.3 Å². The molecule has 0 aliphatic heterocycles. The van der Waals surface area contributed by atoms with Crippen molar-refractivity contribution in [3.63, 3.8) is 0 Å². The number of nitrogens with zero attached hydrogens (tertiary/aromatic N) is 3. The van der Waals surface area contributed by atoms with E-state index in [1.165, 1.54) is 48.9 Å². The van der Waals surface area contributed by atoms with Crippen molar-refractivity contribution in [3.8, 4) is 22.5 Å². The van der Waals surface area contributed by atoms with E-state index in [2.05, 4.69) is 4.98 Å². The predicted octanol–water partition coefficient (Wildman–Crippen LogP) is 5.44. The lowest BCUT2D eigenvalue weighted by Crippen LogP contribution is -2.26. The van der Waals surface area contributed by atoms with Gasteiger partial charge < -0.3 is 9.13 Å². The van der Waals surface area contributed by atoms with Gasteiger partial charge in [0.15, 0.2) is 9.84 Å². The normalized spacial score (nSPS) is 12.9. The van der Waals surface area contributed by atoms with Gasteiger partial charge in [0.05, 0.1) is 21.7 Å². The van der Waals surface area contributed by atoms with Crippen molar-refractivity contribution in [1.82, 2.24) is 14.1 Å². The fraction of sp³-hybridized carbons (Fsp3) is 0.250. The van der Waals surface area contributed by atoms with E-state index in [9.17, 15) is 39.6 Å². The van der Waals surface area contributed by atoms with Crippen LogP contribution < -0.4 is 5.56 Å². The van der Waals surface area contributed by atoms with Crippen molar-refractivity contribution in [3.05, 3.63) is 70.1 Å². The number of aryl methyl sites for hydroxylation is 1. The maximum absolute atomic E-state index is 13.4. The summed E-state index contributed by atoms with van der Waals surface area (Å²) in [5, 5.41) is 0. The van der Waals surface area contributed by atoms with Gasteiger partial charge >= 0.3 is 12.4 Å². The van der Waals surface area contributed by atoms with Crippen LogP contribution in [0.4, 0.5) is 26.3 Å². The fourth-order valence-corrected chi connectivity index (χ4v) is 5.14. The summed E-state index contributed by atoms with van der Waals surface area (Å²) in [6.07, 6.45) is -9.36. The third kappa shape index (κ3) is 4.63. The zero-order chi connectivity index (χ0) is 27.5. The third-order valence-electron chi connectivity index (χ3n) is 6.04. The molecule has 196 valence electrons. The van der Waals surface area contributed by atoms with Crippen LogP contribution in [0.5, 0.6) is 0 Å². The Hall–Kier alpha value is -3.61. The summed E-state index contributed by atoms with van der Waals surface area (Å²) in [4.78, 5) is 16.7. The molecule has 13 heteroatoms. The molecule has 2 aromatic carbocycles. The Balaban J connectivity index is 1.95. The lowest BCUT2D eigenvalue weighted by molar-refractivity contribution is -0.143. The van der Waals surface area contributed by atoms with E-state index in [1.807, 2.05) is 0 Å². The molecule has 0 saturated carbocycles. The Bertz CT molecular complexity index is 1680. The molecular weight excluding hydrogens is 524 g/mol. The molecule has 0 amide bonds. The van der Waals surface area contributed by atoms with E-state index in [4.69, 9.17) is 0 Å². The number of sulfone groups is 1. The predicted molar refractivity (Wildman–Crippen MR) is 125 cm³/mol. The average Bonchev–Trinajstić information content (AvgIpc) is 3.16. The molecule has 4 aromatic rings. The molecule has 0 fully saturated rings. The number of fused-ring (bicyclic) bond motifs is 1. The lowest BCUT2D eigenvalue weighted by Gasteiger charge is -2.13. The van der Waals surface area contributed by atoms with E-state index in [-0.39, 0.29) is 33.1 Å². The molecule has 0 saturated heterocycles. The molecule has 2 aromatic heterocycles. The molecule has 0 spiro atoms. The molecule has 2 heterocycles. The first-order chi connectivity index (χ1) is 17.1. The summed E-state index contributed by atoms with van der Waals surface area (Å²) >= 11 is 0. The summed E-state index contributed by atoms with van der Waals surface area (Å²) in [6, 6.07) is 8.97. The molecule has 0 aliphatic carbocycles. The van der Waals surface area contributed by atoms with Crippen LogP contribution in [0.15, 0.2) is 58.2 Å². The summed E-state index contributed by atoms with van der Waals surface area (Å²) < 4.78 is 107. The van der Waals surface area contributed by atoms with Crippen LogP contribution >= 0.6 is 0 Å². The first kappa shape index (κ1) is 26.5. The smallest absolute Gasteiger partial charge is 0.323 e. The zero-order valence-electron chi connectivity index (χ0n) is 19.6. The number of aromatic nitrogens is 3. The summed E-state index contributed by atoms with van der Waals surface area (Å²) in [5.41, 5.74) is -2.81. The van der Waals surface area contributed by atoms with Crippen LogP contribution in [0.3, 0.4) is 0 Å². The molecule has 0 atom stereocenters. The lowest BCUT2D eigenvalue weighted by atomic mass is 10.0. The quantitative estimate of drug-likeness (QED) is 0.322. The van der Waals surface area contributed by atoms with E-state index in [1.54, 1.807) is 0 Å². The Kier molecular flexibility index (Phi) is 6.26. The molecule has 0 N–H and O–H groups in total. The molecule has 37 heavy (non-hydrogen) atoms. The Labute approximate surface area is 206 Å². The van der Waals surface area contributed by atoms with Gasteiger partial charge in [-0.25, -0.2) is 13.4 Å². The molecule has 0 bridgehead atoms. The second-order valence-electron chi connectivity index (χ2n) is 8.31. The highest BCUT2D eigenvalue weighted by Gasteiger charge is 2.35. The molecule has 0 radical (unpaired) electrons. The van der Waals surface area contributed by atoms with Crippen LogP contribution in [0.25, 0.3) is 33.5 Å². The maximum Gasteiger partial charge on any atom is 0.431 e. The number of halogens is 6. The van der Waals surface area contributed by atoms with Gasteiger partial charge in [0, 0.05) is 19.7 Å². The third-order valence-corrected chi connectivity index (χ3v) is 7.81. The van der Waals surface area contributed by atoms with Gasteiger partial charge in [0.1, 0.15) is 17.0 Å². The van der Waals surface area contributed by atoms with Crippen molar-refractivity contribution in [1.29, 1.82) is 0 Å².